The van der Waals surface area contributed by atoms with Crippen LogP contribution in [0.4, 0.5) is 5.82 Å². The summed E-state index contributed by atoms with van der Waals surface area (Å²) in [5.41, 5.74) is 4.84. The van der Waals surface area contributed by atoms with Crippen molar-refractivity contribution in [3.8, 4) is 23.2 Å². The molecule has 0 radical (unpaired) electrons. The van der Waals surface area contributed by atoms with Crippen molar-refractivity contribution in [1.82, 2.24) is 15.3 Å². The first-order valence-corrected chi connectivity index (χ1v) is 11.9. The van der Waals surface area contributed by atoms with Crippen molar-refractivity contribution < 1.29 is 5.11 Å². The number of nitrogens with one attached hydrogen (secondary N) is 1. The molecule has 2 fully saturated rings. The summed E-state index contributed by atoms with van der Waals surface area (Å²) >= 11 is 0. The Bertz CT molecular complexity index is 1320. The molecular weight excluding hydrogens is 410 g/mol. The molecule has 3 aromatic rings. The summed E-state index contributed by atoms with van der Waals surface area (Å²) in [6.45, 7) is 8.50. The van der Waals surface area contributed by atoms with E-state index in [-0.39, 0.29) is 11.3 Å². The van der Waals surface area contributed by atoms with Gasteiger partial charge in [0.25, 0.3) is 0 Å². The summed E-state index contributed by atoms with van der Waals surface area (Å²) in [7, 11) is 0. The number of aromatic hydroxyl groups is 1. The zero-order valence-electron chi connectivity index (χ0n) is 19.3. The number of aromatic nitrogens is 2. The van der Waals surface area contributed by atoms with Crippen molar-refractivity contribution in [3.63, 3.8) is 0 Å². The number of pyridine rings is 2. The molecule has 2 aliphatic heterocycles. The largest absolute Gasteiger partial charge is 0.493 e. The van der Waals surface area contributed by atoms with Crippen LogP contribution in [-0.2, 0) is 12.8 Å². The van der Waals surface area contributed by atoms with Crippen LogP contribution < -0.4 is 10.2 Å². The van der Waals surface area contributed by atoms with Gasteiger partial charge in [0.05, 0.1) is 5.69 Å². The van der Waals surface area contributed by atoms with Gasteiger partial charge in [-0.3, -0.25) is 0 Å². The molecule has 6 rings (SSSR count). The summed E-state index contributed by atoms with van der Waals surface area (Å²) < 4.78 is 0. The SMILES string of the molecule is CC1(C)CCc2c(nc(N3CCC4(CNC4)C3)c(C#N)c2-c2nc(O)cc3ccccc23)C1. The Morgan fingerprint density at radius 2 is 1.97 bits per heavy atom. The van der Waals surface area contributed by atoms with Gasteiger partial charge in [-0.15, -0.1) is 0 Å². The lowest BCUT2D eigenvalue weighted by molar-refractivity contribution is 0.199. The van der Waals surface area contributed by atoms with Crippen molar-refractivity contribution in [2.45, 2.75) is 39.5 Å². The number of anilines is 1. The number of nitriles is 1. The fourth-order valence-electron chi connectivity index (χ4n) is 5.93. The average Bonchev–Trinajstić information content (AvgIpc) is 3.23. The topological polar surface area (TPSA) is 85.1 Å². The van der Waals surface area contributed by atoms with Crippen molar-refractivity contribution in [2.75, 3.05) is 31.1 Å². The third kappa shape index (κ3) is 3.26. The van der Waals surface area contributed by atoms with Crippen molar-refractivity contribution in [2.24, 2.45) is 10.8 Å². The van der Waals surface area contributed by atoms with E-state index in [0.29, 0.717) is 16.7 Å². The normalized spacial score (nSPS) is 20.5. The predicted molar refractivity (Wildman–Crippen MR) is 129 cm³/mol. The molecule has 2 N–H and O–H groups in total. The van der Waals surface area contributed by atoms with Crippen LogP contribution in [0.25, 0.3) is 22.0 Å². The highest BCUT2D eigenvalue weighted by Crippen LogP contribution is 2.45. The van der Waals surface area contributed by atoms with Gasteiger partial charge in [-0.25, -0.2) is 9.97 Å². The smallest absolute Gasteiger partial charge is 0.211 e. The van der Waals surface area contributed by atoms with E-state index >= 15 is 0 Å². The van der Waals surface area contributed by atoms with Gasteiger partial charge in [-0.05, 0) is 42.0 Å². The number of rotatable bonds is 2. The van der Waals surface area contributed by atoms with Crippen LogP contribution in [0.5, 0.6) is 5.88 Å². The summed E-state index contributed by atoms with van der Waals surface area (Å²) in [6.07, 6.45) is 3.90. The van der Waals surface area contributed by atoms with Gasteiger partial charge in [0.2, 0.25) is 5.88 Å². The highest BCUT2D eigenvalue weighted by atomic mass is 16.3. The van der Waals surface area contributed by atoms with Crippen LogP contribution in [0.3, 0.4) is 0 Å². The van der Waals surface area contributed by atoms with Gasteiger partial charge in [-0.2, -0.15) is 5.26 Å². The third-order valence-electron chi connectivity index (χ3n) is 7.88. The first kappa shape index (κ1) is 20.4. The minimum absolute atomic E-state index is 0.0171. The molecule has 1 spiro atoms. The van der Waals surface area contributed by atoms with Crippen LogP contribution >= 0.6 is 0 Å². The fraction of sp³-hybridized carbons (Fsp3) is 0.444. The van der Waals surface area contributed by atoms with E-state index < -0.39 is 0 Å². The molecule has 6 heteroatoms. The average molecular weight is 440 g/mol. The lowest BCUT2D eigenvalue weighted by atomic mass is 9.74. The second-order valence-corrected chi connectivity index (χ2v) is 10.9. The third-order valence-corrected chi connectivity index (χ3v) is 7.88. The Morgan fingerprint density at radius 1 is 1.15 bits per heavy atom. The molecule has 0 atom stereocenters. The quantitative estimate of drug-likeness (QED) is 0.623. The molecule has 4 heterocycles. The molecule has 0 unspecified atom stereocenters. The Balaban J connectivity index is 1.62. The molecule has 168 valence electrons. The van der Waals surface area contributed by atoms with Crippen LogP contribution in [0.15, 0.2) is 30.3 Å². The summed E-state index contributed by atoms with van der Waals surface area (Å²) in [5, 5.41) is 26.2. The van der Waals surface area contributed by atoms with Gasteiger partial charge < -0.3 is 15.3 Å². The van der Waals surface area contributed by atoms with Crippen LogP contribution in [0.1, 0.15) is 43.5 Å². The molecule has 1 aromatic carbocycles. The van der Waals surface area contributed by atoms with Crippen molar-refractivity contribution in [3.05, 3.63) is 47.2 Å². The fourth-order valence-corrected chi connectivity index (χ4v) is 5.93. The van der Waals surface area contributed by atoms with Gasteiger partial charge in [-0.1, -0.05) is 38.1 Å². The highest BCUT2D eigenvalue weighted by Gasteiger charge is 2.44. The lowest BCUT2D eigenvalue weighted by Gasteiger charge is -2.39. The second-order valence-electron chi connectivity index (χ2n) is 10.9. The molecule has 33 heavy (non-hydrogen) atoms. The first-order chi connectivity index (χ1) is 15.9. The molecule has 2 saturated heterocycles. The lowest BCUT2D eigenvalue weighted by Crippen LogP contribution is -2.54. The zero-order chi connectivity index (χ0) is 22.8. The summed E-state index contributed by atoms with van der Waals surface area (Å²) in [5.74, 6) is 0.776. The summed E-state index contributed by atoms with van der Waals surface area (Å²) in [6, 6.07) is 12.2. The molecule has 1 aliphatic carbocycles. The molecule has 6 nitrogen and oxygen atoms in total. The molecule has 0 bridgehead atoms. The maximum absolute atomic E-state index is 10.5. The minimum Gasteiger partial charge on any atom is -0.493 e. The van der Waals surface area contributed by atoms with E-state index in [4.69, 9.17) is 4.98 Å². The van der Waals surface area contributed by atoms with Gasteiger partial charge in [0, 0.05) is 54.3 Å². The number of benzene rings is 1. The van der Waals surface area contributed by atoms with E-state index in [0.717, 1.165) is 85.3 Å². The Morgan fingerprint density at radius 3 is 2.70 bits per heavy atom. The van der Waals surface area contributed by atoms with E-state index in [1.165, 1.54) is 0 Å². The Labute approximate surface area is 194 Å². The molecule has 2 aromatic heterocycles. The van der Waals surface area contributed by atoms with Gasteiger partial charge >= 0.3 is 0 Å². The monoisotopic (exact) mass is 439 g/mol. The van der Waals surface area contributed by atoms with Crippen molar-refractivity contribution >= 4 is 16.6 Å². The van der Waals surface area contributed by atoms with E-state index in [1.807, 2.05) is 24.3 Å². The van der Waals surface area contributed by atoms with Crippen LogP contribution in [0, 0.1) is 22.2 Å². The maximum Gasteiger partial charge on any atom is 0.211 e. The van der Waals surface area contributed by atoms with Gasteiger partial charge in [0.1, 0.15) is 17.5 Å². The van der Waals surface area contributed by atoms with Crippen LogP contribution in [0.2, 0.25) is 0 Å². The molecular formula is C27H29N5O. The summed E-state index contributed by atoms with van der Waals surface area (Å²) in [4.78, 5) is 12.1. The molecule has 3 aliphatic rings. The van der Waals surface area contributed by atoms with E-state index in [9.17, 15) is 10.4 Å². The van der Waals surface area contributed by atoms with Crippen LogP contribution in [-0.4, -0.2) is 41.3 Å². The van der Waals surface area contributed by atoms with Gasteiger partial charge in [0.15, 0.2) is 0 Å². The maximum atomic E-state index is 10.5. The van der Waals surface area contributed by atoms with E-state index in [1.54, 1.807) is 6.07 Å². The Kier molecular flexibility index (Phi) is 4.44. The first-order valence-electron chi connectivity index (χ1n) is 11.9. The predicted octanol–water partition coefficient (Wildman–Crippen LogP) is 4.19. The second kappa shape index (κ2) is 7.16. The molecule has 0 amide bonds. The number of hydrogen-bond donors (Lipinski definition) is 2. The minimum atomic E-state index is -0.0171. The highest BCUT2D eigenvalue weighted by molar-refractivity contribution is 5.98. The number of nitrogens with zero attached hydrogens (tertiary/aromatic N) is 4. The molecule has 0 saturated carbocycles. The standard InChI is InChI=1S/C27H29N5O/c1-26(2)8-7-19-21(12-26)30-25(32-10-9-27(16-32)14-29-15-27)20(13-28)23(19)24-18-6-4-3-5-17(18)11-22(33)31-24/h3-6,11,29H,7-10,12,14-16H2,1-2H3,(H,31,33). The zero-order valence-corrected chi connectivity index (χ0v) is 19.3. The number of fused-ring (bicyclic) bond motifs is 2. The Hall–Kier alpha value is -3.17. The number of hydrogen-bond acceptors (Lipinski definition) is 6. The van der Waals surface area contributed by atoms with Crippen molar-refractivity contribution in [1.29, 1.82) is 5.26 Å². The van der Waals surface area contributed by atoms with E-state index in [2.05, 4.69) is 35.1 Å².